The summed E-state index contributed by atoms with van der Waals surface area (Å²) < 4.78 is 5.25. The lowest BCUT2D eigenvalue weighted by molar-refractivity contribution is -0.131. The lowest BCUT2D eigenvalue weighted by Crippen LogP contribution is -2.40. The van der Waals surface area contributed by atoms with Crippen LogP contribution in [0.1, 0.15) is 23.6 Å². The summed E-state index contributed by atoms with van der Waals surface area (Å²) in [7, 11) is 0. The van der Waals surface area contributed by atoms with E-state index in [1.165, 1.54) is 6.07 Å². The molecular formula is C21H17ClN2O4. The molecule has 1 aromatic heterocycles. The van der Waals surface area contributed by atoms with Crippen LogP contribution in [0.2, 0.25) is 5.02 Å². The Morgan fingerprint density at radius 3 is 2.50 bits per heavy atom. The average Bonchev–Trinajstić information content (AvgIpc) is 2.85. The zero-order chi connectivity index (χ0) is 20.1. The minimum absolute atomic E-state index is 0.0288. The van der Waals surface area contributed by atoms with Gasteiger partial charge in [-0.15, -0.1) is 0 Å². The molecule has 1 saturated heterocycles. The van der Waals surface area contributed by atoms with Crippen molar-refractivity contribution in [1.82, 2.24) is 10.2 Å². The molecule has 1 N–H and O–H groups in total. The lowest BCUT2D eigenvalue weighted by Gasteiger charge is -2.22. The van der Waals surface area contributed by atoms with Gasteiger partial charge in [-0.3, -0.25) is 9.69 Å². The van der Waals surface area contributed by atoms with Gasteiger partial charge in [0, 0.05) is 16.5 Å². The number of nitrogens with zero attached hydrogens (tertiary/aromatic N) is 1. The van der Waals surface area contributed by atoms with E-state index in [9.17, 15) is 14.4 Å². The average molecular weight is 397 g/mol. The van der Waals surface area contributed by atoms with Crippen LogP contribution in [-0.4, -0.2) is 16.8 Å². The number of hydrogen-bond acceptors (Lipinski definition) is 4. The Morgan fingerprint density at radius 2 is 1.79 bits per heavy atom. The highest BCUT2D eigenvalue weighted by atomic mass is 35.5. The van der Waals surface area contributed by atoms with Crippen molar-refractivity contribution in [1.29, 1.82) is 0 Å². The SMILES string of the molecule is Cc1ccc2c(CN3C(=O)N[C@](C)(c4ccc(Cl)cc4)C3=O)cc(=O)oc2c1. The van der Waals surface area contributed by atoms with Crippen LogP contribution in [0.25, 0.3) is 11.0 Å². The summed E-state index contributed by atoms with van der Waals surface area (Å²) in [6.45, 7) is 3.51. The van der Waals surface area contributed by atoms with Gasteiger partial charge in [0.05, 0.1) is 6.54 Å². The van der Waals surface area contributed by atoms with Gasteiger partial charge in [0.15, 0.2) is 0 Å². The second-order valence-corrected chi connectivity index (χ2v) is 7.48. The third-order valence-electron chi connectivity index (χ3n) is 5.01. The van der Waals surface area contributed by atoms with Crippen molar-refractivity contribution in [2.24, 2.45) is 0 Å². The highest BCUT2D eigenvalue weighted by Gasteiger charge is 2.49. The molecule has 2 aromatic carbocycles. The molecule has 28 heavy (non-hydrogen) atoms. The van der Waals surface area contributed by atoms with Crippen molar-refractivity contribution in [3.63, 3.8) is 0 Å². The van der Waals surface area contributed by atoms with E-state index in [4.69, 9.17) is 16.0 Å². The molecule has 0 unspecified atom stereocenters. The van der Waals surface area contributed by atoms with Gasteiger partial charge < -0.3 is 9.73 Å². The summed E-state index contributed by atoms with van der Waals surface area (Å²) in [5, 5.41) is 3.98. The molecule has 3 amide bonds. The number of nitrogens with one attached hydrogen (secondary N) is 1. The molecule has 142 valence electrons. The molecule has 2 heterocycles. The van der Waals surface area contributed by atoms with Gasteiger partial charge in [-0.2, -0.15) is 0 Å². The number of fused-ring (bicyclic) bond motifs is 1. The highest BCUT2D eigenvalue weighted by molar-refractivity contribution is 6.30. The van der Waals surface area contributed by atoms with Crippen LogP contribution < -0.4 is 10.9 Å². The van der Waals surface area contributed by atoms with Gasteiger partial charge in [0.1, 0.15) is 11.1 Å². The molecule has 1 fully saturated rings. The summed E-state index contributed by atoms with van der Waals surface area (Å²) in [6, 6.07) is 13.0. The van der Waals surface area contributed by atoms with Gasteiger partial charge in [-0.25, -0.2) is 9.59 Å². The number of carbonyl (C=O) groups excluding carboxylic acids is 2. The smallest absolute Gasteiger partial charge is 0.336 e. The maximum Gasteiger partial charge on any atom is 0.336 e. The van der Waals surface area contributed by atoms with E-state index < -0.39 is 23.1 Å². The number of hydrogen-bond donors (Lipinski definition) is 1. The van der Waals surface area contributed by atoms with Crippen molar-refractivity contribution >= 4 is 34.5 Å². The molecule has 0 saturated carbocycles. The first kappa shape index (κ1) is 18.3. The largest absolute Gasteiger partial charge is 0.423 e. The van der Waals surface area contributed by atoms with Crippen LogP contribution in [-0.2, 0) is 16.9 Å². The van der Waals surface area contributed by atoms with Gasteiger partial charge in [0.25, 0.3) is 5.91 Å². The van der Waals surface area contributed by atoms with Crippen molar-refractivity contribution in [3.05, 3.63) is 80.7 Å². The molecule has 6 nitrogen and oxygen atoms in total. The molecule has 1 aliphatic heterocycles. The fraction of sp³-hybridized carbons (Fsp3) is 0.190. The number of rotatable bonds is 3. The third kappa shape index (κ3) is 2.96. The molecular weight excluding hydrogens is 380 g/mol. The number of amides is 3. The predicted octanol–water partition coefficient (Wildman–Crippen LogP) is 3.72. The Hall–Kier alpha value is -3.12. The van der Waals surface area contributed by atoms with Crippen molar-refractivity contribution in [2.75, 3.05) is 0 Å². The summed E-state index contributed by atoms with van der Waals surface area (Å²) in [5.74, 6) is -0.395. The fourth-order valence-electron chi connectivity index (χ4n) is 3.46. The summed E-state index contributed by atoms with van der Waals surface area (Å²) in [5.41, 5.74) is 0.822. The zero-order valence-electron chi connectivity index (χ0n) is 15.3. The molecule has 0 spiro atoms. The Kier molecular flexibility index (Phi) is 4.23. The molecule has 3 aromatic rings. The lowest BCUT2D eigenvalue weighted by atomic mass is 9.92. The first-order valence-electron chi connectivity index (χ1n) is 8.71. The van der Waals surface area contributed by atoms with Crippen molar-refractivity contribution in [2.45, 2.75) is 25.9 Å². The van der Waals surface area contributed by atoms with Crippen LogP contribution in [0.15, 0.2) is 57.7 Å². The number of halogens is 1. The minimum atomic E-state index is -1.20. The summed E-state index contributed by atoms with van der Waals surface area (Å²) in [4.78, 5) is 38.8. The second-order valence-electron chi connectivity index (χ2n) is 7.04. The van der Waals surface area contributed by atoms with E-state index in [0.29, 0.717) is 27.1 Å². The number of imide groups is 1. The van der Waals surface area contributed by atoms with Gasteiger partial charge in [-0.05, 0) is 48.7 Å². The van der Waals surface area contributed by atoms with Crippen LogP contribution in [0.5, 0.6) is 0 Å². The van der Waals surface area contributed by atoms with E-state index in [1.54, 1.807) is 37.3 Å². The van der Waals surface area contributed by atoms with E-state index in [2.05, 4.69) is 5.32 Å². The number of urea groups is 1. The molecule has 1 atom stereocenters. The normalized spacial score (nSPS) is 19.3. The highest BCUT2D eigenvalue weighted by Crippen LogP contribution is 2.31. The van der Waals surface area contributed by atoms with E-state index in [0.717, 1.165) is 10.5 Å². The standard InChI is InChI=1S/C21H17ClN2O4/c1-12-3-8-16-13(10-18(25)28-17(16)9-12)11-24-19(26)21(2,23-20(24)27)14-4-6-15(22)7-5-14/h3-10H,11H2,1-2H3,(H,23,27)/t21-/m1/s1. The number of carbonyl (C=O) groups is 2. The number of aryl methyl sites for hydroxylation is 1. The minimum Gasteiger partial charge on any atom is -0.423 e. The Bertz CT molecular complexity index is 1170. The van der Waals surface area contributed by atoms with Gasteiger partial charge in [0.2, 0.25) is 0 Å². The molecule has 0 aliphatic carbocycles. The van der Waals surface area contributed by atoms with Crippen LogP contribution >= 0.6 is 11.6 Å². The van der Waals surface area contributed by atoms with E-state index in [1.807, 2.05) is 19.1 Å². The first-order valence-corrected chi connectivity index (χ1v) is 9.09. The predicted molar refractivity (Wildman–Crippen MR) is 105 cm³/mol. The van der Waals surface area contributed by atoms with Crippen molar-refractivity contribution in [3.8, 4) is 0 Å². The monoisotopic (exact) mass is 396 g/mol. The quantitative estimate of drug-likeness (QED) is 0.540. The van der Waals surface area contributed by atoms with Crippen LogP contribution in [0.4, 0.5) is 4.79 Å². The summed E-state index contributed by atoms with van der Waals surface area (Å²) in [6.07, 6.45) is 0. The second kappa shape index (κ2) is 6.49. The van der Waals surface area contributed by atoms with Gasteiger partial charge in [-0.1, -0.05) is 35.9 Å². The zero-order valence-corrected chi connectivity index (χ0v) is 16.0. The van der Waals surface area contributed by atoms with E-state index >= 15 is 0 Å². The first-order chi connectivity index (χ1) is 13.3. The maximum atomic E-state index is 13.1. The Labute approximate surface area is 165 Å². The van der Waals surface area contributed by atoms with E-state index in [-0.39, 0.29) is 6.54 Å². The molecule has 0 radical (unpaired) electrons. The number of benzene rings is 2. The van der Waals surface area contributed by atoms with Crippen molar-refractivity contribution < 1.29 is 14.0 Å². The Balaban J connectivity index is 1.72. The fourth-order valence-corrected chi connectivity index (χ4v) is 3.58. The topological polar surface area (TPSA) is 79.6 Å². The molecule has 4 rings (SSSR count). The van der Waals surface area contributed by atoms with Crippen LogP contribution in [0, 0.1) is 6.92 Å². The maximum absolute atomic E-state index is 13.1. The summed E-state index contributed by atoms with van der Waals surface area (Å²) >= 11 is 5.93. The molecule has 1 aliphatic rings. The molecule has 7 heteroatoms. The van der Waals surface area contributed by atoms with Crippen LogP contribution in [0.3, 0.4) is 0 Å². The third-order valence-corrected chi connectivity index (χ3v) is 5.26. The molecule has 0 bridgehead atoms. The Morgan fingerprint density at radius 1 is 1.07 bits per heavy atom. The van der Waals surface area contributed by atoms with Gasteiger partial charge >= 0.3 is 11.7 Å².